The number of hydrogen-bond donors (Lipinski definition) is 2. The van der Waals surface area contributed by atoms with Gasteiger partial charge in [-0.05, 0) is 12.6 Å². The predicted molar refractivity (Wildman–Crippen MR) is 60.2 cm³/mol. The van der Waals surface area contributed by atoms with Crippen molar-refractivity contribution < 1.29 is 14.1 Å². The van der Waals surface area contributed by atoms with Crippen LogP contribution in [0.25, 0.3) is 0 Å². The maximum Gasteiger partial charge on any atom is 0.295 e. The molecular weight excluding hydrogens is 229 g/mol. The third-order valence-corrected chi connectivity index (χ3v) is 1.99. The average Bonchev–Trinajstić information content (AvgIpc) is 2.28. The Kier molecular flexibility index (Phi) is 4.53. The van der Waals surface area contributed by atoms with Crippen molar-refractivity contribution in [2.24, 2.45) is 0 Å². The minimum Gasteiger partial charge on any atom is -0.317 e. The van der Waals surface area contributed by atoms with E-state index in [-0.39, 0.29) is 6.54 Å². The van der Waals surface area contributed by atoms with Crippen LogP contribution in [-0.2, 0) is 4.79 Å². The summed E-state index contributed by atoms with van der Waals surface area (Å²) in [5.74, 6) is -1.36. The molecule has 1 rings (SSSR count). The van der Waals surface area contributed by atoms with E-state index in [9.17, 15) is 19.3 Å². The topological polar surface area (TPSA) is 84.3 Å². The lowest BCUT2D eigenvalue weighted by molar-refractivity contribution is -0.384. The lowest BCUT2D eigenvalue weighted by Crippen LogP contribution is -2.28. The van der Waals surface area contributed by atoms with Gasteiger partial charge in [-0.3, -0.25) is 14.9 Å². The van der Waals surface area contributed by atoms with E-state index in [1.807, 2.05) is 0 Å². The van der Waals surface area contributed by atoms with Gasteiger partial charge in [-0.25, -0.2) is 4.39 Å². The number of amides is 1. The lowest BCUT2D eigenvalue weighted by Gasteiger charge is -2.06. The van der Waals surface area contributed by atoms with Gasteiger partial charge in [0.25, 0.3) is 5.69 Å². The molecule has 0 aliphatic heterocycles. The van der Waals surface area contributed by atoms with Crippen LogP contribution in [0.5, 0.6) is 0 Å². The van der Waals surface area contributed by atoms with Crippen LogP contribution in [0.15, 0.2) is 18.2 Å². The second kappa shape index (κ2) is 5.90. The molecule has 0 saturated heterocycles. The van der Waals surface area contributed by atoms with E-state index in [1.54, 1.807) is 6.92 Å². The van der Waals surface area contributed by atoms with E-state index >= 15 is 0 Å². The molecule has 0 atom stereocenters. The molecule has 0 bridgehead atoms. The Hall–Kier alpha value is -2.02. The highest BCUT2D eigenvalue weighted by Crippen LogP contribution is 2.26. The molecule has 2 N–H and O–H groups in total. The first kappa shape index (κ1) is 13.0. The number of hydrogen-bond acceptors (Lipinski definition) is 4. The van der Waals surface area contributed by atoms with Crippen LogP contribution in [0.4, 0.5) is 15.8 Å². The number of nitrogens with zero attached hydrogens (tertiary/aromatic N) is 1. The normalized spacial score (nSPS) is 10.0. The maximum atomic E-state index is 13.4. The first-order valence-corrected chi connectivity index (χ1v) is 4.99. The Labute approximate surface area is 97.0 Å². The van der Waals surface area contributed by atoms with Crippen LogP contribution in [-0.4, -0.2) is 23.9 Å². The lowest BCUT2D eigenvalue weighted by atomic mass is 10.2. The van der Waals surface area contributed by atoms with Crippen LogP contribution < -0.4 is 10.6 Å². The average molecular weight is 241 g/mol. The van der Waals surface area contributed by atoms with Crippen molar-refractivity contribution in [3.05, 3.63) is 34.1 Å². The van der Waals surface area contributed by atoms with Crippen molar-refractivity contribution >= 4 is 17.3 Å². The zero-order chi connectivity index (χ0) is 12.8. The largest absolute Gasteiger partial charge is 0.317 e. The summed E-state index contributed by atoms with van der Waals surface area (Å²) in [6.45, 7) is 2.35. The predicted octanol–water partition coefficient (Wildman–Crippen LogP) is 1.28. The molecule has 0 heterocycles. The highest BCUT2D eigenvalue weighted by molar-refractivity contribution is 5.94. The number of para-hydroxylation sites is 1. The Balaban J connectivity index is 2.89. The van der Waals surface area contributed by atoms with Crippen LogP contribution in [0.3, 0.4) is 0 Å². The molecule has 1 amide bonds. The van der Waals surface area contributed by atoms with Crippen molar-refractivity contribution in [2.75, 3.05) is 18.4 Å². The molecule has 0 aromatic heterocycles. The van der Waals surface area contributed by atoms with Gasteiger partial charge in [0.2, 0.25) is 5.91 Å². The molecule has 1 aromatic rings. The van der Waals surface area contributed by atoms with Gasteiger partial charge in [0, 0.05) is 6.07 Å². The molecule has 0 aliphatic carbocycles. The first-order chi connectivity index (χ1) is 8.06. The molecule has 6 nitrogen and oxygen atoms in total. The van der Waals surface area contributed by atoms with Gasteiger partial charge in [-0.2, -0.15) is 0 Å². The van der Waals surface area contributed by atoms with Crippen LogP contribution in [0, 0.1) is 15.9 Å². The Morgan fingerprint density at radius 2 is 2.24 bits per heavy atom. The van der Waals surface area contributed by atoms with Crippen molar-refractivity contribution in [3.8, 4) is 0 Å². The molecule has 1 aromatic carbocycles. The number of rotatable bonds is 5. The summed E-state index contributed by atoms with van der Waals surface area (Å²) in [6, 6.07) is 3.40. The molecule has 0 fully saturated rings. The second-order valence-electron chi connectivity index (χ2n) is 3.22. The molecule has 0 radical (unpaired) electrons. The Morgan fingerprint density at radius 1 is 1.53 bits per heavy atom. The number of nitro benzene ring substituents is 1. The smallest absolute Gasteiger partial charge is 0.295 e. The van der Waals surface area contributed by atoms with E-state index in [1.165, 1.54) is 6.07 Å². The number of nitro groups is 1. The molecular formula is C10H12FN3O3. The number of nitrogens with one attached hydrogen (secondary N) is 2. The minimum atomic E-state index is -0.830. The van der Waals surface area contributed by atoms with Gasteiger partial charge in [-0.15, -0.1) is 0 Å². The number of likely N-dealkylation sites (N-methyl/N-ethyl adjacent to an activating group) is 1. The monoisotopic (exact) mass is 241 g/mol. The van der Waals surface area contributed by atoms with Gasteiger partial charge >= 0.3 is 0 Å². The van der Waals surface area contributed by atoms with Crippen LogP contribution in [0.1, 0.15) is 6.92 Å². The Bertz CT molecular complexity index is 437. The molecule has 0 aliphatic rings. The van der Waals surface area contributed by atoms with E-state index < -0.39 is 28.0 Å². The van der Waals surface area contributed by atoms with E-state index in [4.69, 9.17) is 0 Å². The third-order valence-electron chi connectivity index (χ3n) is 1.99. The summed E-state index contributed by atoms with van der Waals surface area (Å²) >= 11 is 0. The zero-order valence-electron chi connectivity index (χ0n) is 9.20. The van der Waals surface area contributed by atoms with Crippen molar-refractivity contribution in [3.63, 3.8) is 0 Å². The second-order valence-corrected chi connectivity index (χ2v) is 3.22. The number of benzene rings is 1. The van der Waals surface area contributed by atoms with Crippen LogP contribution in [0.2, 0.25) is 0 Å². The zero-order valence-corrected chi connectivity index (χ0v) is 9.20. The van der Waals surface area contributed by atoms with Gasteiger partial charge in [0.05, 0.1) is 11.5 Å². The summed E-state index contributed by atoms with van der Waals surface area (Å²) < 4.78 is 13.4. The SMILES string of the molecule is CCNCC(=O)Nc1c(F)cccc1[N+](=O)[O-]. The highest BCUT2D eigenvalue weighted by Gasteiger charge is 2.19. The first-order valence-electron chi connectivity index (χ1n) is 4.99. The number of anilines is 1. The van der Waals surface area contributed by atoms with E-state index in [2.05, 4.69) is 10.6 Å². The summed E-state index contributed by atoms with van der Waals surface area (Å²) in [7, 11) is 0. The number of carbonyl (C=O) groups excluding carboxylic acids is 1. The summed E-state index contributed by atoms with van der Waals surface area (Å²) in [6.07, 6.45) is 0. The maximum absolute atomic E-state index is 13.4. The van der Waals surface area contributed by atoms with E-state index in [0.29, 0.717) is 6.54 Å². The van der Waals surface area contributed by atoms with Crippen molar-refractivity contribution in [2.45, 2.75) is 6.92 Å². The summed E-state index contributed by atoms with van der Waals surface area (Å²) in [5.41, 5.74) is -0.866. The minimum absolute atomic E-state index is 0.0258. The molecule has 7 heteroatoms. The van der Waals surface area contributed by atoms with Crippen molar-refractivity contribution in [1.29, 1.82) is 0 Å². The fourth-order valence-corrected chi connectivity index (χ4v) is 1.21. The van der Waals surface area contributed by atoms with E-state index in [0.717, 1.165) is 12.1 Å². The molecule has 0 saturated carbocycles. The fourth-order valence-electron chi connectivity index (χ4n) is 1.21. The molecule has 92 valence electrons. The van der Waals surface area contributed by atoms with Gasteiger partial charge in [0.15, 0.2) is 11.5 Å². The highest BCUT2D eigenvalue weighted by atomic mass is 19.1. The standard InChI is InChI=1S/C10H12FN3O3/c1-2-12-6-9(15)13-10-7(11)4-3-5-8(10)14(16)17/h3-5,12H,2,6H2,1H3,(H,13,15). The van der Waals surface area contributed by atoms with Crippen LogP contribution >= 0.6 is 0 Å². The third kappa shape index (κ3) is 3.49. The fraction of sp³-hybridized carbons (Fsp3) is 0.300. The molecule has 0 unspecified atom stereocenters. The molecule has 0 spiro atoms. The number of carbonyl (C=O) groups is 1. The summed E-state index contributed by atoms with van der Waals surface area (Å²) in [4.78, 5) is 21.2. The van der Waals surface area contributed by atoms with Gasteiger partial charge in [-0.1, -0.05) is 13.0 Å². The Morgan fingerprint density at radius 3 is 2.82 bits per heavy atom. The number of halogens is 1. The molecule has 17 heavy (non-hydrogen) atoms. The summed E-state index contributed by atoms with van der Waals surface area (Å²) in [5, 5.41) is 15.6. The quantitative estimate of drug-likeness (QED) is 0.600. The van der Waals surface area contributed by atoms with Gasteiger partial charge in [0.1, 0.15) is 0 Å². The van der Waals surface area contributed by atoms with Crippen molar-refractivity contribution in [1.82, 2.24) is 5.32 Å². The van der Waals surface area contributed by atoms with Gasteiger partial charge < -0.3 is 10.6 Å².